The van der Waals surface area contributed by atoms with Gasteiger partial charge >= 0.3 is 0 Å². The lowest BCUT2D eigenvalue weighted by molar-refractivity contribution is -0.121. The van der Waals surface area contributed by atoms with Crippen LogP contribution >= 0.6 is 0 Å². The molecule has 0 aliphatic rings. The first-order valence-electron chi connectivity index (χ1n) is 10.5. The zero-order valence-corrected chi connectivity index (χ0v) is 17.9. The minimum Gasteiger partial charge on any atom is -0.346 e. The number of hydrogen-bond acceptors (Lipinski definition) is 4. The molecule has 0 radical (unpaired) electrons. The van der Waals surface area contributed by atoms with Crippen LogP contribution < -0.4 is 10.6 Å². The van der Waals surface area contributed by atoms with Crippen LogP contribution in [0.5, 0.6) is 0 Å². The van der Waals surface area contributed by atoms with Gasteiger partial charge in [0.15, 0.2) is 0 Å². The van der Waals surface area contributed by atoms with E-state index in [4.69, 9.17) is 0 Å². The molecule has 1 heterocycles. The van der Waals surface area contributed by atoms with Crippen LogP contribution in [0.3, 0.4) is 0 Å². The summed E-state index contributed by atoms with van der Waals surface area (Å²) < 4.78 is 0. The van der Waals surface area contributed by atoms with Gasteiger partial charge in [-0.15, -0.1) is 0 Å². The summed E-state index contributed by atoms with van der Waals surface area (Å²) in [6, 6.07) is 21.9. The number of hydrogen-bond donors (Lipinski definition) is 2. The second kappa shape index (κ2) is 11.0. The molecule has 6 heteroatoms. The van der Waals surface area contributed by atoms with Gasteiger partial charge in [0.2, 0.25) is 5.91 Å². The summed E-state index contributed by atoms with van der Waals surface area (Å²) >= 11 is 0. The van der Waals surface area contributed by atoms with Crippen molar-refractivity contribution in [3.63, 3.8) is 0 Å². The van der Waals surface area contributed by atoms with Crippen LogP contribution in [0.25, 0.3) is 0 Å². The highest BCUT2D eigenvalue weighted by atomic mass is 16.2. The molecule has 2 N–H and O–H groups in total. The van der Waals surface area contributed by atoms with E-state index >= 15 is 0 Å². The zero-order chi connectivity index (χ0) is 22.1. The Morgan fingerprint density at radius 1 is 0.935 bits per heavy atom. The first-order chi connectivity index (χ1) is 15.1. The standard InChI is InChI=1S/C25H28N4O2/c1-3-29(4-2)23(19-11-6-5-7-12-19)25(31)28-21-15-10-13-20(17-21)24(30)27-18-22-14-8-9-16-26-22/h5-17,23H,3-4,18H2,1-2H3,(H,27,30)(H,28,31). The average molecular weight is 417 g/mol. The second-order valence-corrected chi connectivity index (χ2v) is 7.11. The van der Waals surface area contributed by atoms with Gasteiger partial charge in [0.05, 0.1) is 12.2 Å². The zero-order valence-electron chi connectivity index (χ0n) is 17.9. The smallest absolute Gasteiger partial charge is 0.251 e. The highest BCUT2D eigenvalue weighted by Gasteiger charge is 2.26. The van der Waals surface area contributed by atoms with Crippen molar-refractivity contribution >= 4 is 17.5 Å². The molecular weight excluding hydrogens is 388 g/mol. The van der Waals surface area contributed by atoms with Crippen molar-refractivity contribution in [2.45, 2.75) is 26.4 Å². The molecule has 0 spiro atoms. The molecule has 1 atom stereocenters. The largest absolute Gasteiger partial charge is 0.346 e. The van der Waals surface area contributed by atoms with Crippen LogP contribution in [0.1, 0.15) is 41.5 Å². The fourth-order valence-corrected chi connectivity index (χ4v) is 3.48. The first kappa shape index (κ1) is 22.2. The number of rotatable bonds is 9. The normalized spacial score (nSPS) is 11.7. The van der Waals surface area contributed by atoms with Gasteiger partial charge in [-0.1, -0.05) is 56.3 Å². The van der Waals surface area contributed by atoms with Crippen molar-refractivity contribution in [3.05, 3.63) is 95.8 Å². The van der Waals surface area contributed by atoms with Gasteiger partial charge in [-0.3, -0.25) is 19.5 Å². The van der Waals surface area contributed by atoms with E-state index in [9.17, 15) is 9.59 Å². The number of amides is 2. The van der Waals surface area contributed by atoms with E-state index in [0.29, 0.717) is 17.8 Å². The highest BCUT2D eigenvalue weighted by molar-refractivity contribution is 5.98. The Hall–Kier alpha value is -3.51. The van der Waals surface area contributed by atoms with Crippen molar-refractivity contribution in [2.24, 2.45) is 0 Å². The minimum atomic E-state index is -0.405. The van der Waals surface area contributed by atoms with Crippen LogP contribution in [-0.4, -0.2) is 34.8 Å². The number of pyridine rings is 1. The Morgan fingerprint density at radius 2 is 1.68 bits per heavy atom. The fraction of sp³-hybridized carbons (Fsp3) is 0.240. The van der Waals surface area contributed by atoms with Crippen molar-refractivity contribution in [2.75, 3.05) is 18.4 Å². The summed E-state index contributed by atoms with van der Waals surface area (Å²) in [6.07, 6.45) is 1.69. The second-order valence-electron chi connectivity index (χ2n) is 7.11. The van der Waals surface area contributed by atoms with Gasteiger partial charge in [-0.25, -0.2) is 0 Å². The van der Waals surface area contributed by atoms with Crippen LogP contribution in [0, 0.1) is 0 Å². The third-order valence-corrected chi connectivity index (χ3v) is 5.09. The number of anilines is 1. The van der Waals surface area contributed by atoms with Gasteiger partial charge in [0.25, 0.3) is 5.91 Å². The Morgan fingerprint density at radius 3 is 2.35 bits per heavy atom. The SMILES string of the molecule is CCN(CC)C(C(=O)Nc1cccc(C(=O)NCc2ccccn2)c1)c1ccccc1. The van der Waals surface area contributed by atoms with Gasteiger partial charge in [0.1, 0.15) is 6.04 Å². The van der Waals surface area contributed by atoms with Crippen molar-refractivity contribution in [1.29, 1.82) is 0 Å². The highest BCUT2D eigenvalue weighted by Crippen LogP contribution is 2.23. The summed E-state index contributed by atoms with van der Waals surface area (Å²) in [6.45, 7) is 5.92. The third-order valence-electron chi connectivity index (χ3n) is 5.09. The van der Waals surface area contributed by atoms with Gasteiger partial charge < -0.3 is 10.6 Å². The maximum absolute atomic E-state index is 13.2. The van der Waals surface area contributed by atoms with E-state index < -0.39 is 6.04 Å². The van der Waals surface area contributed by atoms with Gasteiger partial charge in [0, 0.05) is 17.4 Å². The van der Waals surface area contributed by atoms with Gasteiger partial charge in [-0.2, -0.15) is 0 Å². The maximum atomic E-state index is 13.2. The summed E-state index contributed by atoms with van der Waals surface area (Å²) in [5.74, 6) is -0.342. The predicted molar refractivity (Wildman–Crippen MR) is 123 cm³/mol. The minimum absolute atomic E-state index is 0.124. The number of nitrogens with one attached hydrogen (secondary N) is 2. The van der Waals surface area contributed by atoms with Gasteiger partial charge in [-0.05, 0) is 49.0 Å². The van der Waals surface area contributed by atoms with E-state index in [-0.39, 0.29) is 11.8 Å². The Labute approximate surface area is 183 Å². The van der Waals surface area contributed by atoms with E-state index in [0.717, 1.165) is 24.3 Å². The van der Waals surface area contributed by atoms with E-state index in [1.165, 1.54) is 0 Å². The molecule has 0 saturated carbocycles. The quantitative estimate of drug-likeness (QED) is 0.552. The van der Waals surface area contributed by atoms with Crippen LogP contribution in [0.4, 0.5) is 5.69 Å². The van der Waals surface area contributed by atoms with Crippen LogP contribution in [0.2, 0.25) is 0 Å². The molecule has 0 fully saturated rings. The number of benzene rings is 2. The van der Waals surface area contributed by atoms with Crippen LogP contribution in [0.15, 0.2) is 79.0 Å². The lowest BCUT2D eigenvalue weighted by Gasteiger charge is -2.29. The van der Waals surface area contributed by atoms with Crippen LogP contribution in [-0.2, 0) is 11.3 Å². The topological polar surface area (TPSA) is 74.3 Å². The molecule has 31 heavy (non-hydrogen) atoms. The summed E-state index contributed by atoms with van der Waals surface area (Å²) in [5, 5.41) is 5.84. The summed E-state index contributed by atoms with van der Waals surface area (Å²) in [4.78, 5) is 32.1. The lowest BCUT2D eigenvalue weighted by Crippen LogP contribution is -2.37. The number of nitrogens with zero attached hydrogens (tertiary/aromatic N) is 2. The molecule has 0 aliphatic carbocycles. The number of aromatic nitrogens is 1. The molecule has 0 aliphatic heterocycles. The molecule has 1 unspecified atom stereocenters. The first-order valence-corrected chi connectivity index (χ1v) is 10.5. The Bertz CT molecular complexity index is 989. The number of likely N-dealkylation sites (N-methyl/N-ethyl adjacent to an activating group) is 1. The Kier molecular flexibility index (Phi) is 7.90. The summed E-state index contributed by atoms with van der Waals surface area (Å²) in [7, 11) is 0. The van der Waals surface area contributed by atoms with Crippen molar-refractivity contribution in [3.8, 4) is 0 Å². The van der Waals surface area contributed by atoms with E-state index in [1.54, 1.807) is 30.5 Å². The molecule has 2 aromatic carbocycles. The fourth-order valence-electron chi connectivity index (χ4n) is 3.48. The number of carbonyl (C=O) groups excluding carboxylic acids is 2. The van der Waals surface area contributed by atoms with E-state index in [2.05, 4.69) is 20.5 Å². The monoisotopic (exact) mass is 416 g/mol. The Balaban J connectivity index is 1.72. The molecule has 6 nitrogen and oxygen atoms in total. The molecular formula is C25H28N4O2. The molecule has 1 aromatic heterocycles. The predicted octanol–water partition coefficient (Wildman–Crippen LogP) is 4.03. The molecule has 160 valence electrons. The molecule has 0 bridgehead atoms. The number of carbonyl (C=O) groups is 2. The maximum Gasteiger partial charge on any atom is 0.251 e. The average Bonchev–Trinajstić information content (AvgIpc) is 2.82. The molecule has 0 saturated heterocycles. The molecule has 2 amide bonds. The van der Waals surface area contributed by atoms with E-state index in [1.807, 2.05) is 62.4 Å². The summed E-state index contributed by atoms with van der Waals surface area (Å²) in [5.41, 5.74) is 2.79. The lowest BCUT2D eigenvalue weighted by atomic mass is 10.0. The molecule has 3 aromatic rings. The van der Waals surface area contributed by atoms with Crippen molar-refractivity contribution in [1.82, 2.24) is 15.2 Å². The van der Waals surface area contributed by atoms with Crippen molar-refractivity contribution < 1.29 is 9.59 Å². The third kappa shape index (κ3) is 5.99. The molecule has 3 rings (SSSR count).